The van der Waals surface area contributed by atoms with E-state index in [0.29, 0.717) is 22.0 Å². The van der Waals surface area contributed by atoms with Crippen LogP contribution in [-0.4, -0.2) is 31.6 Å². The monoisotopic (exact) mass is 298 g/mol. The van der Waals surface area contributed by atoms with Gasteiger partial charge in [-0.05, 0) is 18.0 Å². The van der Waals surface area contributed by atoms with E-state index in [-0.39, 0.29) is 18.1 Å². The fourth-order valence-corrected chi connectivity index (χ4v) is 2.71. The van der Waals surface area contributed by atoms with E-state index >= 15 is 0 Å². The Balaban J connectivity index is 1.98. The van der Waals surface area contributed by atoms with E-state index in [1.807, 2.05) is 6.92 Å². The highest BCUT2D eigenvalue weighted by Gasteiger charge is 2.15. The Kier molecular flexibility index (Phi) is 4.17. The quantitative estimate of drug-likeness (QED) is 0.859. The van der Waals surface area contributed by atoms with Crippen molar-refractivity contribution in [3.05, 3.63) is 26.7 Å². The lowest BCUT2D eigenvalue weighted by atomic mass is 10.3. The van der Waals surface area contributed by atoms with Crippen LogP contribution >= 0.6 is 22.9 Å². The topological polar surface area (TPSA) is 105 Å². The number of aromatic carboxylic acids is 1. The molecular weight excluding hydrogens is 288 g/mol. The molecule has 0 aliphatic rings. The van der Waals surface area contributed by atoms with Gasteiger partial charge in [0.05, 0.1) is 12.2 Å². The van der Waals surface area contributed by atoms with Crippen LogP contribution in [0.5, 0.6) is 0 Å². The Hall–Kier alpha value is -1.87. The Labute approximate surface area is 116 Å². The smallest absolute Gasteiger partial charge is 0.355 e. The van der Waals surface area contributed by atoms with Gasteiger partial charge in [-0.2, -0.15) is 0 Å². The van der Waals surface area contributed by atoms with Gasteiger partial charge in [0.2, 0.25) is 0 Å². The Bertz CT molecular complexity index is 607. The van der Waals surface area contributed by atoms with Gasteiger partial charge in [-0.3, -0.25) is 4.79 Å². The normalized spacial score (nSPS) is 10.4. The molecule has 2 rings (SSSR count). The van der Waals surface area contributed by atoms with Crippen LogP contribution in [0.2, 0.25) is 0 Å². The van der Waals surface area contributed by atoms with Crippen LogP contribution in [0, 0.1) is 0 Å². The Morgan fingerprint density at radius 2 is 2.26 bits per heavy atom. The number of rotatable bonds is 5. The number of carbonyl (C=O) groups is 2. The number of carbonyl (C=O) groups excluding carboxylic acids is 1. The van der Waals surface area contributed by atoms with Gasteiger partial charge in [0.15, 0.2) is 5.69 Å². The number of nitrogens with zero attached hydrogens (tertiary/aromatic N) is 3. The van der Waals surface area contributed by atoms with Crippen molar-refractivity contribution in [1.29, 1.82) is 0 Å². The summed E-state index contributed by atoms with van der Waals surface area (Å²) in [5.41, 5.74) is 0.649. The largest absolute Gasteiger partial charge is 0.476 e. The van der Waals surface area contributed by atoms with Crippen molar-refractivity contribution in [3.63, 3.8) is 0 Å². The van der Waals surface area contributed by atoms with Crippen LogP contribution in [0.15, 0.2) is 5.38 Å². The minimum Gasteiger partial charge on any atom is -0.476 e. The zero-order valence-corrected chi connectivity index (χ0v) is 11.5. The van der Waals surface area contributed by atoms with Crippen LogP contribution in [0.1, 0.15) is 37.8 Å². The third-order valence-electron chi connectivity index (χ3n) is 2.27. The van der Waals surface area contributed by atoms with Crippen LogP contribution in [0.3, 0.4) is 0 Å². The Morgan fingerprint density at radius 1 is 1.47 bits per heavy atom. The number of carboxylic acids is 1. The third-order valence-corrected chi connectivity index (χ3v) is 3.88. The second-order valence-electron chi connectivity index (χ2n) is 3.52. The van der Waals surface area contributed by atoms with E-state index < -0.39 is 5.97 Å². The number of carboxylic acid groups (broad SMARTS) is 1. The molecule has 0 saturated heterocycles. The number of amides is 1. The first-order chi connectivity index (χ1) is 9.11. The number of aryl methyl sites for hydroxylation is 1. The Morgan fingerprint density at radius 3 is 2.89 bits per heavy atom. The van der Waals surface area contributed by atoms with Gasteiger partial charge in [0, 0.05) is 5.38 Å². The molecule has 0 saturated carbocycles. The molecular formula is C10H10N4O3S2. The molecule has 2 heterocycles. The summed E-state index contributed by atoms with van der Waals surface area (Å²) in [5.74, 6) is -1.34. The maximum Gasteiger partial charge on any atom is 0.355 e. The summed E-state index contributed by atoms with van der Waals surface area (Å²) in [7, 11) is 0. The molecule has 0 spiro atoms. The first kappa shape index (κ1) is 13.6. The molecule has 0 aliphatic heterocycles. The van der Waals surface area contributed by atoms with Crippen molar-refractivity contribution in [3.8, 4) is 0 Å². The minimum absolute atomic E-state index is 0.0112. The van der Waals surface area contributed by atoms with Crippen LogP contribution in [0.4, 0.5) is 0 Å². The fourth-order valence-electron chi connectivity index (χ4n) is 1.34. The summed E-state index contributed by atoms with van der Waals surface area (Å²) in [6.45, 7) is 2.09. The molecule has 0 radical (unpaired) electrons. The summed E-state index contributed by atoms with van der Waals surface area (Å²) in [4.78, 5) is 26.9. The molecule has 2 aromatic heterocycles. The highest BCUT2D eigenvalue weighted by molar-refractivity contribution is 7.09. The molecule has 100 valence electrons. The van der Waals surface area contributed by atoms with Crippen molar-refractivity contribution in [2.45, 2.75) is 19.9 Å². The van der Waals surface area contributed by atoms with E-state index in [2.05, 4.69) is 19.9 Å². The molecule has 0 aliphatic carbocycles. The van der Waals surface area contributed by atoms with Gasteiger partial charge >= 0.3 is 5.97 Å². The predicted octanol–water partition coefficient (Wildman–Crippen LogP) is 1.19. The van der Waals surface area contributed by atoms with E-state index in [9.17, 15) is 9.59 Å². The zero-order valence-electron chi connectivity index (χ0n) is 9.91. The molecule has 1 amide bonds. The second-order valence-corrected chi connectivity index (χ2v) is 5.21. The van der Waals surface area contributed by atoms with Crippen molar-refractivity contribution in [1.82, 2.24) is 19.9 Å². The first-order valence-corrected chi connectivity index (χ1v) is 7.04. The van der Waals surface area contributed by atoms with E-state index in [4.69, 9.17) is 5.11 Å². The van der Waals surface area contributed by atoms with Crippen LogP contribution < -0.4 is 5.32 Å². The molecule has 2 N–H and O–H groups in total. The summed E-state index contributed by atoms with van der Waals surface area (Å²) in [6, 6.07) is 0. The SMILES string of the molecule is CCc1nnsc1C(=O)NCc1nc(C(=O)O)cs1. The maximum absolute atomic E-state index is 11.9. The average molecular weight is 298 g/mol. The molecule has 0 aromatic carbocycles. The highest BCUT2D eigenvalue weighted by atomic mass is 32.1. The molecule has 0 bridgehead atoms. The van der Waals surface area contributed by atoms with Crippen molar-refractivity contribution in [2.24, 2.45) is 0 Å². The molecule has 0 fully saturated rings. The summed E-state index contributed by atoms with van der Waals surface area (Å²) in [5, 5.41) is 17.2. The first-order valence-electron chi connectivity index (χ1n) is 5.39. The number of aromatic nitrogens is 3. The van der Waals surface area contributed by atoms with E-state index in [0.717, 1.165) is 11.5 Å². The molecule has 0 atom stereocenters. The molecule has 0 unspecified atom stereocenters. The van der Waals surface area contributed by atoms with Gasteiger partial charge in [0.1, 0.15) is 9.88 Å². The standard InChI is InChI=1S/C10H10N4O3S2/c1-2-5-8(19-14-13-5)9(15)11-3-7-12-6(4-18-7)10(16)17/h4H,2-3H2,1H3,(H,11,15)(H,16,17). The van der Waals surface area contributed by atoms with E-state index in [1.54, 1.807) is 0 Å². The lowest BCUT2D eigenvalue weighted by molar-refractivity contribution is 0.0691. The van der Waals surface area contributed by atoms with Crippen molar-refractivity contribution in [2.75, 3.05) is 0 Å². The number of hydrogen-bond acceptors (Lipinski definition) is 7. The number of thiazole rings is 1. The summed E-state index contributed by atoms with van der Waals surface area (Å²) >= 11 is 2.24. The van der Waals surface area contributed by atoms with Gasteiger partial charge in [-0.15, -0.1) is 16.4 Å². The van der Waals surface area contributed by atoms with Crippen molar-refractivity contribution < 1.29 is 14.7 Å². The number of nitrogens with one attached hydrogen (secondary N) is 1. The summed E-state index contributed by atoms with van der Waals surface area (Å²) < 4.78 is 3.74. The highest BCUT2D eigenvalue weighted by Crippen LogP contribution is 2.13. The minimum atomic E-state index is -1.08. The predicted molar refractivity (Wildman–Crippen MR) is 69.5 cm³/mol. The van der Waals surface area contributed by atoms with Gasteiger partial charge in [0.25, 0.3) is 5.91 Å². The molecule has 7 nitrogen and oxygen atoms in total. The van der Waals surface area contributed by atoms with Crippen LogP contribution in [-0.2, 0) is 13.0 Å². The van der Waals surface area contributed by atoms with Gasteiger partial charge in [-0.1, -0.05) is 11.4 Å². The maximum atomic E-state index is 11.9. The second kappa shape index (κ2) is 5.85. The van der Waals surface area contributed by atoms with Gasteiger partial charge < -0.3 is 10.4 Å². The molecule has 9 heteroatoms. The average Bonchev–Trinajstić information content (AvgIpc) is 3.04. The lowest BCUT2D eigenvalue weighted by Crippen LogP contribution is -2.23. The van der Waals surface area contributed by atoms with E-state index in [1.165, 1.54) is 16.7 Å². The lowest BCUT2D eigenvalue weighted by Gasteiger charge is -2.01. The number of hydrogen-bond donors (Lipinski definition) is 2. The van der Waals surface area contributed by atoms with Gasteiger partial charge in [-0.25, -0.2) is 9.78 Å². The third kappa shape index (κ3) is 3.12. The van der Waals surface area contributed by atoms with Crippen molar-refractivity contribution >= 4 is 34.7 Å². The van der Waals surface area contributed by atoms with Crippen LogP contribution in [0.25, 0.3) is 0 Å². The molecule has 19 heavy (non-hydrogen) atoms. The zero-order chi connectivity index (χ0) is 13.8. The molecule has 2 aromatic rings. The summed E-state index contributed by atoms with van der Waals surface area (Å²) in [6.07, 6.45) is 0.639. The fraction of sp³-hybridized carbons (Fsp3) is 0.300.